The van der Waals surface area contributed by atoms with Crippen molar-refractivity contribution in [1.82, 2.24) is 4.90 Å². The number of ether oxygens (including phenoxy) is 1. The van der Waals surface area contributed by atoms with Crippen LogP contribution >= 0.6 is 0 Å². The lowest BCUT2D eigenvalue weighted by molar-refractivity contribution is 0.173. The number of hydrogen-bond acceptors (Lipinski definition) is 2. The van der Waals surface area contributed by atoms with Gasteiger partial charge in [0.25, 0.3) is 0 Å². The molecule has 1 fully saturated rings. The van der Waals surface area contributed by atoms with E-state index in [1.165, 1.54) is 18.9 Å². The minimum atomic E-state index is -0.164. The van der Waals surface area contributed by atoms with Gasteiger partial charge in [0.2, 0.25) is 0 Å². The molecule has 0 amide bonds. The molecular weight excluding hydrogens is 217 g/mol. The predicted octanol–water partition coefficient (Wildman–Crippen LogP) is 3.07. The Hall–Kier alpha value is -1.09. The van der Waals surface area contributed by atoms with E-state index in [1.807, 2.05) is 6.07 Å². The molecule has 0 aromatic heterocycles. The van der Waals surface area contributed by atoms with E-state index in [0.717, 1.165) is 13.1 Å². The van der Waals surface area contributed by atoms with Crippen LogP contribution in [0.2, 0.25) is 0 Å². The molecule has 0 saturated carbocycles. The Morgan fingerprint density at radius 2 is 2.29 bits per heavy atom. The Morgan fingerprint density at radius 3 is 3.00 bits per heavy atom. The molecular formula is C14H20FNO. The Bertz CT molecular complexity index is 380. The summed E-state index contributed by atoms with van der Waals surface area (Å²) in [5, 5.41) is 0. The van der Waals surface area contributed by atoms with Crippen LogP contribution in [0.15, 0.2) is 18.2 Å². The fourth-order valence-electron chi connectivity index (χ4n) is 2.54. The third kappa shape index (κ3) is 2.97. The molecule has 2 rings (SSSR count). The van der Waals surface area contributed by atoms with Crippen LogP contribution in [0, 0.1) is 11.7 Å². The van der Waals surface area contributed by atoms with Gasteiger partial charge in [-0.15, -0.1) is 0 Å². The van der Waals surface area contributed by atoms with Gasteiger partial charge in [0, 0.05) is 18.7 Å². The molecule has 3 heteroatoms. The molecule has 1 saturated heterocycles. The Balaban J connectivity index is 2.12. The van der Waals surface area contributed by atoms with Gasteiger partial charge in [0.05, 0.1) is 7.11 Å². The lowest BCUT2D eigenvalue weighted by Gasteiger charge is -2.31. The summed E-state index contributed by atoms with van der Waals surface area (Å²) in [7, 11) is 1.59. The number of hydrogen-bond donors (Lipinski definition) is 0. The highest BCUT2D eigenvalue weighted by Gasteiger charge is 2.19. The van der Waals surface area contributed by atoms with Gasteiger partial charge in [-0.05, 0) is 37.4 Å². The van der Waals surface area contributed by atoms with Gasteiger partial charge in [0.1, 0.15) is 11.6 Å². The van der Waals surface area contributed by atoms with Crippen molar-refractivity contribution in [2.75, 3.05) is 20.2 Å². The summed E-state index contributed by atoms with van der Waals surface area (Å²) >= 11 is 0. The van der Waals surface area contributed by atoms with Gasteiger partial charge in [0.15, 0.2) is 0 Å². The van der Waals surface area contributed by atoms with Crippen LogP contribution in [0.1, 0.15) is 25.3 Å². The monoisotopic (exact) mass is 237 g/mol. The molecule has 0 aliphatic carbocycles. The minimum absolute atomic E-state index is 0.164. The molecule has 1 aromatic carbocycles. The van der Waals surface area contributed by atoms with Crippen molar-refractivity contribution in [3.8, 4) is 5.75 Å². The van der Waals surface area contributed by atoms with E-state index >= 15 is 0 Å². The molecule has 94 valence electrons. The number of likely N-dealkylation sites (tertiary alicyclic amines) is 1. The Morgan fingerprint density at radius 1 is 1.47 bits per heavy atom. The van der Waals surface area contributed by atoms with E-state index in [4.69, 9.17) is 4.74 Å². The number of piperidine rings is 1. The fraction of sp³-hybridized carbons (Fsp3) is 0.571. The molecule has 1 aliphatic rings. The maximum Gasteiger partial charge on any atom is 0.131 e. The fourth-order valence-corrected chi connectivity index (χ4v) is 2.54. The number of nitrogens with zero attached hydrogens (tertiary/aromatic N) is 1. The molecule has 1 aromatic rings. The third-order valence-corrected chi connectivity index (χ3v) is 3.42. The standard InChI is InChI=1S/C14H20FNO/c1-11-5-4-8-16(9-11)10-12-13(15)6-3-7-14(12)17-2/h3,6-7,11H,4-5,8-10H2,1-2H3/t11-/m1/s1. The second kappa shape index (κ2) is 5.50. The maximum absolute atomic E-state index is 13.8. The summed E-state index contributed by atoms with van der Waals surface area (Å²) < 4.78 is 19.0. The van der Waals surface area contributed by atoms with Crippen molar-refractivity contribution in [2.45, 2.75) is 26.3 Å². The van der Waals surface area contributed by atoms with Gasteiger partial charge < -0.3 is 4.74 Å². The van der Waals surface area contributed by atoms with Gasteiger partial charge >= 0.3 is 0 Å². The molecule has 1 atom stereocenters. The van der Waals surface area contributed by atoms with Gasteiger partial charge in [-0.1, -0.05) is 13.0 Å². The number of methoxy groups -OCH3 is 1. The molecule has 0 spiro atoms. The largest absolute Gasteiger partial charge is 0.496 e. The molecule has 17 heavy (non-hydrogen) atoms. The van der Waals surface area contributed by atoms with Crippen LogP contribution in [0.3, 0.4) is 0 Å². The summed E-state index contributed by atoms with van der Waals surface area (Å²) in [6.07, 6.45) is 2.49. The van der Waals surface area contributed by atoms with Gasteiger partial charge in [-0.2, -0.15) is 0 Å². The first-order valence-electron chi connectivity index (χ1n) is 6.24. The third-order valence-electron chi connectivity index (χ3n) is 3.42. The highest BCUT2D eigenvalue weighted by molar-refractivity contribution is 5.34. The van der Waals surface area contributed by atoms with E-state index in [1.54, 1.807) is 13.2 Å². The van der Waals surface area contributed by atoms with Crippen LogP contribution in [-0.2, 0) is 6.54 Å². The molecule has 0 N–H and O–H groups in total. The Labute approximate surface area is 102 Å². The van der Waals surface area contributed by atoms with Crippen LogP contribution in [0.25, 0.3) is 0 Å². The normalized spacial score (nSPS) is 21.5. The van der Waals surface area contributed by atoms with Crippen molar-refractivity contribution in [1.29, 1.82) is 0 Å². The van der Waals surface area contributed by atoms with E-state index < -0.39 is 0 Å². The number of benzene rings is 1. The zero-order valence-electron chi connectivity index (χ0n) is 10.6. The predicted molar refractivity (Wildman–Crippen MR) is 66.6 cm³/mol. The van der Waals surface area contributed by atoms with E-state index in [-0.39, 0.29) is 5.82 Å². The van der Waals surface area contributed by atoms with Crippen LogP contribution in [0.4, 0.5) is 4.39 Å². The first-order chi connectivity index (χ1) is 8.20. The molecule has 0 radical (unpaired) electrons. The number of rotatable bonds is 3. The molecule has 2 nitrogen and oxygen atoms in total. The van der Waals surface area contributed by atoms with E-state index in [2.05, 4.69) is 11.8 Å². The second-order valence-electron chi connectivity index (χ2n) is 4.90. The van der Waals surface area contributed by atoms with E-state index in [9.17, 15) is 4.39 Å². The Kier molecular flexibility index (Phi) is 4.00. The SMILES string of the molecule is COc1cccc(F)c1CN1CCC[C@@H](C)C1. The van der Waals surface area contributed by atoms with Gasteiger partial charge in [-0.25, -0.2) is 4.39 Å². The first kappa shape index (κ1) is 12.4. The minimum Gasteiger partial charge on any atom is -0.496 e. The van der Waals surface area contributed by atoms with Gasteiger partial charge in [-0.3, -0.25) is 4.90 Å². The number of halogens is 1. The average molecular weight is 237 g/mol. The average Bonchev–Trinajstić information content (AvgIpc) is 2.32. The topological polar surface area (TPSA) is 12.5 Å². The summed E-state index contributed by atoms with van der Waals surface area (Å²) in [6.45, 7) is 5.02. The summed E-state index contributed by atoms with van der Waals surface area (Å²) in [4.78, 5) is 2.31. The quantitative estimate of drug-likeness (QED) is 0.801. The van der Waals surface area contributed by atoms with Crippen molar-refractivity contribution >= 4 is 0 Å². The maximum atomic E-state index is 13.8. The van der Waals surface area contributed by atoms with Crippen molar-refractivity contribution < 1.29 is 9.13 Å². The van der Waals surface area contributed by atoms with Crippen molar-refractivity contribution in [3.63, 3.8) is 0 Å². The van der Waals surface area contributed by atoms with Crippen molar-refractivity contribution in [3.05, 3.63) is 29.6 Å². The summed E-state index contributed by atoms with van der Waals surface area (Å²) in [6, 6.07) is 5.02. The zero-order chi connectivity index (χ0) is 12.3. The zero-order valence-corrected chi connectivity index (χ0v) is 10.6. The van der Waals surface area contributed by atoms with E-state index in [0.29, 0.717) is 23.8 Å². The lowest BCUT2D eigenvalue weighted by atomic mass is 9.99. The lowest BCUT2D eigenvalue weighted by Crippen LogP contribution is -2.34. The van der Waals surface area contributed by atoms with Crippen LogP contribution < -0.4 is 4.74 Å². The highest BCUT2D eigenvalue weighted by Crippen LogP contribution is 2.25. The molecule has 1 heterocycles. The van der Waals surface area contributed by atoms with Crippen LogP contribution in [-0.4, -0.2) is 25.1 Å². The van der Waals surface area contributed by atoms with Crippen LogP contribution in [0.5, 0.6) is 5.75 Å². The van der Waals surface area contributed by atoms with Crippen molar-refractivity contribution in [2.24, 2.45) is 5.92 Å². The molecule has 0 bridgehead atoms. The molecule has 0 unspecified atom stereocenters. The second-order valence-corrected chi connectivity index (χ2v) is 4.90. The first-order valence-corrected chi connectivity index (χ1v) is 6.24. The smallest absolute Gasteiger partial charge is 0.131 e. The highest BCUT2D eigenvalue weighted by atomic mass is 19.1. The summed E-state index contributed by atoms with van der Waals surface area (Å²) in [5.74, 6) is 1.20. The summed E-state index contributed by atoms with van der Waals surface area (Å²) in [5.41, 5.74) is 0.684. The molecule has 1 aliphatic heterocycles.